The molecule has 2 aromatic heterocycles. The summed E-state index contributed by atoms with van der Waals surface area (Å²) >= 11 is 0. The Kier molecular flexibility index (Phi) is 3.83. The average molecular weight is 282 g/mol. The molecule has 0 aliphatic heterocycles. The molecule has 0 aliphatic carbocycles. The molecule has 3 aromatic rings. The summed E-state index contributed by atoms with van der Waals surface area (Å²) in [5.41, 5.74) is 9.27. The molecule has 0 atom stereocenters. The van der Waals surface area contributed by atoms with Crippen molar-refractivity contribution in [1.29, 1.82) is 0 Å². The standard InChI is InChI=1S/C16H18N4O/c1-2-20-11-19-15-14(12-6-4-3-5-7-12)18-10-13(16(15)20)21-9-8-17/h3-7,10-11H,2,8-9,17H2,1H3. The van der Waals surface area contributed by atoms with E-state index in [-0.39, 0.29) is 0 Å². The highest BCUT2D eigenvalue weighted by Crippen LogP contribution is 2.31. The largest absolute Gasteiger partial charge is 0.488 e. The lowest BCUT2D eigenvalue weighted by atomic mass is 10.1. The second kappa shape index (κ2) is 5.93. The van der Waals surface area contributed by atoms with Crippen molar-refractivity contribution in [3.05, 3.63) is 42.9 Å². The fraction of sp³-hybridized carbons (Fsp3) is 0.250. The van der Waals surface area contributed by atoms with Gasteiger partial charge in [0.2, 0.25) is 0 Å². The Hall–Kier alpha value is -2.40. The first kappa shape index (κ1) is 13.6. The predicted octanol–water partition coefficient (Wildman–Crippen LogP) is 2.46. The molecule has 21 heavy (non-hydrogen) atoms. The third kappa shape index (κ3) is 2.48. The van der Waals surface area contributed by atoms with Gasteiger partial charge in [-0.1, -0.05) is 30.3 Å². The Labute approximate surface area is 123 Å². The normalized spacial score (nSPS) is 11.0. The lowest BCUT2D eigenvalue weighted by Gasteiger charge is -2.10. The molecule has 108 valence electrons. The van der Waals surface area contributed by atoms with Crippen molar-refractivity contribution in [2.75, 3.05) is 13.2 Å². The summed E-state index contributed by atoms with van der Waals surface area (Å²) in [5, 5.41) is 0. The van der Waals surface area contributed by atoms with Gasteiger partial charge in [0.05, 0.1) is 18.2 Å². The van der Waals surface area contributed by atoms with Crippen molar-refractivity contribution in [1.82, 2.24) is 14.5 Å². The number of imidazole rings is 1. The van der Waals surface area contributed by atoms with E-state index in [9.17, 15) is 0 Å². The van der Waals surface area contributed by atoms with E-state index in [0.717, 1.165) is 34.6 Å². The van der Waals surface area contributed by atoms with Gasteiger partial charge >= 0.3 is 0 Å². The van der Waals surface area contributed by atoms with Crippen LogP contribution < -0.4 is 10.5 Å². The topological polar surface area (TPSA) is 66.0 Å². The maximum atomic E-state index is 5.71. The summed E-state index contributed by atoms with van der Waals surface area (Å²) in [4.78, 5) is 9.06. The number of nitrogens with two attached hydrogens (primary N) is 1. The highest BCUT2D eigenvalue weighted by Gasteiger charge is 2.15. The maximum absolute atomic E-state index is 5.71. The van der Waals surface area contributed by atoms with Crippen molar-refractivity contribution in [3.63, 3.8) is 0 Å². The van der Waals surface area contributed by atoms with Gasteiger partial charge < -0.3 is 15.0 Å². The molecule has 5 nitrogen and oxygen atoms in total. The molecule has 0 saturated carbocycles. The molecule has 5 heteroatoms. The average Bonchev–Trinajstić information content (AvgIpc) is 2.98. The van der Waals surface area contributed by atoms with Crippen LogP contribution in [0.3, 0.4) is 0 Å². The minimum absolute atomic E-state index is 0.469. The van der Waals surface area contributed by atoms with Crippen molar-refractivity contribution in [2.24, 2.45) is 5.73 Å². The number of aromatic nitrogens is 3. The minimum Gasteiger partial charge on any atom is -0.488 e. The molecule has 3 rings (SSSR count). The van der Waals surface area contributed by atoms with E-state index in [0.29, 0.717) is 13.2 Å². The van der Waals surface area contributed by atoms with Crippen molar-refractivity contribution in [3.8, 4) is 17.0 Å². The zero-order chi connectivity index (χ0) is 14.7. The summed E-state index contributed by atoms with van der Waals surface area (Å²) in [5.74, 6) is 0.731. The van der Waals surface area contributed by atoms with Crippen LogP contribution in [0, 0.1) is 0 Å². The first-order valence-corrected chi connectivity index (χ1v) is 7.07. The number of fused-ring (bicyclic) bond motifs is 1. The molecule has 0 amide bonds. The van der Waals surface area contributed by atoms with Crippen molar-refractivity contribution >= 4 is 11.0 Å². The molecular formula is C16H18N4O. The Morgan fingerprint density at radius 2 is 2.00 bits per heavy atom. The zero-order valence-electron chi connectivity index (χ0n) is 12.0. The number of benzene rings is 1. The van der Waals surface area contributed by atoms with Gasteiger partial charge in [-0.2, -0.15) is 0 Å². The van der Waals surface area contributed by atoms with Crippen LogP contribution in [-0.2, 0) is 6.54 Å². The van der Waals surface area contributed by atoms with Gasteiger partial charge in [-0.3, -0.25) is 0 Å². The van der Waals surface area contributed by atoms with Gasteiger partial charge in [0.15, 0.2) is 5.75 Å². The lowest BCUT2D eigenvalue weighted by molar-refractivity contribution is 0.329. The van der Waals surface area contributed by atoms with Gasteiger partial charge in [0, 0.05) is 18.7 Å². The SMILES string of the molecule is CCn1cnc2c(-c3ccccc3)ncc(OCCN)c21. The fourth-order valence-corrected chi connectivity index (χ4v) is 2.38. The van der Waals surface area contributed by atoms with E-state index >= 15 is 0 Å². The number of ether oxygens (including phenoxy) is 1. The summed E-state index contributed by atoms with van der Waals surface area (Å²) < 4.78 is 7.78. The van der Waals surface area contributed by atoms with Crippen molar-refractivity contribution in [2.45, 2.75) is 13.5 Å². The monoisotopic (exact) mass is 282 g/mol. The molecule has 1 aromatic carbocycles. The van der Waals surface area contributed by atoms with Crippen LogP contribution >= 0.6 is 0 Å². The van der Waals surface area contributed by atoms with Crippen molar-refractivity contribution < 1.29 is 4.74 Å². The number of hydrogen-bond acceptors (Lipinski definition) is 4. The maximum Gasteiger partial charge on any atom is 0.163 e. The number of hydrogen-bond donors (Lipinski definition) is 1. The van der Waals surface area contributed by atoms with Gasteiger partial charge in [-0.15, -0.1) is 0 Å². The fourth-order valence-electron chi connectivity index (χ4n) is 2.38. The summed E-state index contributed by atoms with van der Waals surface area (Å²) in [6, 6.07) is 10.1. The third-order valence-corrected chi connectivity index (χ3v) is 3.37. The number of nitrogens with zero attached hydrogens (tertiary/aromatic N) is 3. The number of aryl methyl sites for hydroxylation is 1. The second-order valence-electron chi connectivity index (χ2n) is 4.70. The Morgan fingerprint density at radius 1 is 1.19 bits per heavy atom. The molecule has 0 unspecified atom stereocenters. The van der Waals surface area contributed by atoms with Crippen LogP contribution in [0.2, 0.25) is 0 Å². The predicted molar refractivity (Wildman–Crippen MR) is 83.2 cm³/mol. The smallest absolute Gasteiger partial charge is 0.163 e. The van der Waals surface area contributed by atoms with E-state index in [1.54, 1.807) is 6.20 Å². The van der Waals surface area contributed by atoms with E-state index in [1.807, 2.05) is 36.7 Å². The van der Waals surface area contributed by atoms with E-state index in [2.05, 4.69) is 21.5 Å². The van der Waals surface area contributed by atoms with E-state index in [4.69, 9.17) is 10.5 Å². The quantitative estimate of drug-likeness (QED) is 0.780. The third-order valence-electron chi connectivity index (χ3n) is 3.37. The number of pyridine rings is 1. The Bertz CT molecular complexity index is 737. The van der Waals surface area contributed by atoms with E-state index < -0.39 is 0 Å². The van der Waals surface area contributed by atoms with Gasteiger partial charge in [0.25, 0.3) is 0 Å². The van der Waals surface area contributed by atoms with Crippen LogP contribution in [0.5, 0.6) is 5.75 Å². The molecule has 0 aliphatic rings. The minimum atomic E-state index is 0.469. The first-order valence-electron chi connectivity index (χ1n) is 7.07. The van der Waals surface area contributed by atoms with Gasteiger partial charge in [0.1, 0.15) is 17.6 Å². The summed E-state index contributed by atoms with van der Waals surface area (Å²) in [6.07, 6.45) is 3.59. The second-order valence-corrected chi connectivity index (χ2v) is 4.70. The molecule has 0 bridgehead atoms. The number of rotatable bonds is 5. The van der Waals surface area contributed by atoms with Crippen LogP contribution in [0.4, 0.5) is 0 Å². The lowest BCUT2D eigenvalue weighted by Crippen LogP contribution is -2.11. The van der Waals surface area contributed by atoms with Crippen LogP contribution in [0.25, 0.3) is 22.3 Å². The summed E-state index contributed by atoms with van der Waals surface area (Å²) in [7, 11) is 0. The van der Waals surface area contributed by atoms with Gasteiger partial charge in [-0.25, -0.2) is 9.97 Å². The molecule has 0 radical (unpaired) electrons. The molecule has 0 spiro atoms. The zero-order valence-corrected chi connectivity index (χ0v) is 12.0. The Balaban J connectivity index is 2.19. The van der Waals surface area contributed by atoms with Crippen LogP contribution in [-0.4, -0.2) is 27.7 Å². The highest BCUT2D eigenvalue weighted by molar-refractivity contribution is 5.93. The first-order chi connectivity index (χ1) is 10.3. The summed E-state index contributed by atoms with van der Waals surface area (Å²) in [6.45, 7) is 3.85. The van der Waals surface area contributed by atoms with Crippen LogP contribution in [0.1, 0.15) is 6.92 Å². The highest BCUT2D eigenvalue weighted by atomic mass is 16.5. The van der Waals surface area contributed by atoms with Crippen LogP contribution in [0.15, 0.2) is 42.9 Å². The molecule has 2 heterocycles. The molecule has 2 N–H and O–H groups in total. The molecular weight excluding hydrogens is 264 g/mol. The molecule has 0 fully saturated rings. The molecule has 0 saturated heterocycles. The van der Waals surface area contributed by atoms with E-state index in [1.165, 1.54) is 0 Å². The Morgan fingerprint density at radius 3 is 2.71 bits per heavy atom. The van der Waals surface area contributed by atoms with Gasteiger partial charge in [-0.05, 0) is 6.92 Å².